The van der Waals surface area contributed by atoms with Gasteiger partial charge in [0.1, 0.15) is 0 Å². The Bertz CT molecular complexity index is 393. The molecule has 0 radical (unpaired) electrons. The van der Waals surface area contributed by atoms with E-state index in [9.17, 15) is 9.59 Å². The number of amides is 1. The van der Waals surface area contributed by atoms with Crippen LogP contribution in [-0.2, 0) is 4.79 Å². The van der Waals surface area contributed by atoms with Crippen LogP contribution in [0.5, 0.6) is 0 Å². The average Bonchev–Trinajstić information content (AvgIpc) is 2.15. The largest absolute Gasteiger partial charge is 0.368 e. The van der Waals surface area contributed by atoms with Crippen LogP contribution in [0.1, 0.15) is 10.4 Å². The van der Waals surface area contributed by atoms with Gasteiger partial charge in [-0.2, -0.15) is 0 Å². The van der Waals surface area contributed by atoms with Gasteiger partial charge in [-0.25, -0.2) is 0 Å². The van der Waals surface area contributed by atoms with E-state index in [2.05, 4.69) is 0 Å². The Morgan fingerprint density at radius 3 is 2.80 bits per heavy atom. The molecule has 0 bridgehead atoms. The van der Waals surface area contributed by atoms with Crippen molar-refractivity contribution in [1.29, 1.82) is 0 Å². The van der Waals surface area contributed by atoms with Crippen molar-refractivity contribution in [3.63, 3.8) is 0 Å². The minimum Gasteiger partial charge on any atom is -0.368 e. The molecule has 0 aliphatic heterocycles. The first-order valence-corrected chi connectivity index (χ1v) is 4.67. The van der Waals surface area contributed by atoms with Gasteiger partial charge >= 0.3 is 0 Å². The number of carbonyl (C=O) groups is 2. The van der Waals surface area contributed by atoms with Gasteiger partial charge in [0.05, 0.1) is 17.3 Å². The van der Waals surface area contributed by atoms with Crippen LogP contribution < -0.4 is 10.6 Å². The SMILES string of the molecule is CN(CC(N)=O)c1c(Cl)cccc1C=O. The molecule has 1 amide bonds. The van der Waals surface area contributed by atoms with E-state index in [1.54, 1.807) is 30.1 Å². The van der Waals surface area contributed by atoms with Gasteiger partial charge in [-0.05, 0) is 12.1 Å². The van der Waals surface area contributed by atoms with Gasteiger partial charge in [0, 0.05) is 12.6 Å². The minimum absolute atomic E-state index is 0.0184. The Kier molecular flexibility index (Phi) is 3.68. The second-order valence-electron chi connectivity index (χ2n) is 3.12. The highest BCUT2D eigenvalue weighted by molar-refractivity contribution is 6.34. The van der Waals surface area contributed by atoms with E-state index in [-0.39, 0.29) is 6.54 Å². The van der Waals surface area contributed by atoms with Crippen LogP contribution in [0, 0.1) is 0 Å². The lowest BCUT2D eigenvalue weighted by Crippen LogP contribution is -2.31. The molecular formula is C10H11ClN2O2. The third-order valence-electron chi connectivity index (χ3n) is 1.92. The molecule has 0 aromatic heterocycles. The molecule has 0 heterocycles. The van der Waals surface area contributed by atoms with E-state index in [0.29, 0.717) is 22.6 Å². The summed E-state index contributed by atoms with van der Waals surface area (Å²) in [5.41, 5.74) is 6.02. The number of benzene rings is 1. The molecule has 80 valence electrons. The first-order chi connectivity index (χ1) is 7.06. The lowest BCUT2D eigenvalue weighted by atomic mass is 10.2. The number of halogens is 1. The molecule has 15 heavy (non-hydrogen) atoms. The van der Waals surface area contributed by atoms with Crippen LogP contribution in [-0.4, -0.2) is 25.8 Å². The second kappa shape index (κ2) is 4.79. The summed E-state index contributed by atoms with van der Waals surface area (Å²) in [6, 6.07) is 4.96. The molecule has 1 aromatic rings. The quantitative estimate of drug-likeness (QED) is 0.782. The summed E-state index contributed by atoms with van der Waals surface area (Å²) in [4.78, 5) is 23.1. The number of rotatable bonds is 4. The molecule has 1 aromatic carbocycles. The maximum atomic E-state index is 10.8. The molecule has 0 spiro atoms. The monoisotopic (exact) mass is 226 g/mol. The fraction of sp³-hybridized carbons (Fsp3) is 0.200. The Labute approximate surface area is 92.6 Å². The number of aldehydes is 1. The first-order valence-electron chi connectivity index (χ1n) is 4.29. The first kappa shape index (κ1) is 11.5. The highest BCUT2D eigenvalue weighted by atomic mass is 35.5. The van der Waals surface area contributed by atoms with Gasteiger partial charge in [-0.3, -0.25) is 9.59 Å². The molecule has 0 aliphatic carbocycles. The third kappa shape index (κ3) is 2.70. The molecular weight excluding hydrogens is 216 g/mol. The van der Waals surface area contributed by atoms with Gasteiger partial charge in [-0.15, -0.1) is 0 Å². The predicted molar refractivity (Wildman–Crippen MR) is 59.3 cm³/mol. The Balaban J connectivity index is 3.10. The van der Waals surface area contributed by atoms with Crippen LogP contribution >= 0.6 is 11.6 Å². The average molecular weight is 227 g/mol. The van der Waals surface area contributed by atoms with Crippen molar-refractivity contribution in [3.05, 3.63) is 28.8 Å². The molecule has 1 rings (SSSR count). The zero-order valence-corrected chi connectivity index (χ0v) is 8.99. The number of hydrogen-bond acceptors (Lipinski definition) is 3. The third-order valence-corrected chi connectivity index (χ3v) is 2.22. The van der Waals surface area contributed by atoms with Crippen molar-refractivity contribution in [2.75, 3.05) is 18.5 Å². The zero-order valence-electron chi connectivity index (χ0n) is 8.24. The molecule has 4 nitrogen and oxygen atoms in total. The van der Waals surface area contributed by atoms with Gasteiger partial charge in [0.2, 0.25) is 5.91 Å². The van der Waals surface area contributed by atoms with Gasteiger partial charge < -0.3 is 10.6 Å². The lowest BCUT2D eigenvalue weighted by molar-refractivity contribution is -0.116. The van der Waals surface area contributed by atoms with Crippen molar-refractivity contribution in [1.82, 2.24) is 0 Å². The summed E-state index contributed by atoms with van der Waals surface area (Å²) in [6.07, 6.45) is 0.693. The van der Waals surface area contributed by atoms with Crippen LogP contribution in [0.2, 0.25) is 5.02 Å². The Morgan fingerprint density at radius 2 is 2.27 bits per heavy atom. The summed E-state index contributed by atoms with van der Waals surface area (Å²) in [5.74, 6) is -0.478. The highest BCUT2D eigenvalue weighted by Gasteiger charge is 2.12. The van der Waals surface area contributed by atoms with Crippen molar-refractivity contribution in [3.8, 4) is 0 Å². The van der Waals surface area contributed by atoms with Crippen molar-refractivity contribution in [2.45, 2.75) is 0 Å². The number of hydrogen-bond donors (Lipinski definition) is 1. The van der Waals surface area contributed by atoms with Gasteiger partial charge in [0.25, 0.3) is 0 Å². The van der Waals surface area contributed by atoms with Crippen molar-refractivity contribution >= 4 is 29.5 Å². The van der Waals surface area contributed by atoms with Gasteiger partial charge in [-0.1, -0.05) is 17.7 Å². The summed E-state index contributed by atoms with van der Waals surface area (Å²) in [7, 11) is 1.65. The topological polar surface area (TPSA) is 63.4 Å². The van der Waals surface area contributed by atoms with E-state index in [0.717, 1.165) is 0 Å². The number of nitrogens with two attached hydrogens (primary N) is 1. The summed E-state index contributed by atoms with van der Waals surface area (Å²) in [6.45, 7) is 0.0184. The Morgan fingerprint density at radius 1 is 1.60 bits per heavy atom. The number of para-hydroxylation sites is 1. The molecule has 0 atom stereocenters. The number of carbonyl (C=O) groups excluding carboxylic acids is 2. The van der Waals surface area contributed by atoms with E-state index < -0.39 is 5.91 Å². The smallest absolute Gasteiger partial charge is 0.236 e. The minimum atomic E-state index is -0.478. The molecule has 5 heteroatoms. The highest BCUT2D eigenvalue weighted by Crippen LogP contribution is 2.27. The predicted octanol–water partition coefficient (Wildman–Crippen LogP) is 1.07. The number of nitrogens with zero attached hydrogens (tertiary/aromatic N) is 1. The van der Waals surface area contributed by atoms with Crippen molar-refractivity contribution < 1.29 is 9.59 Å². The fourth-order valence-corrected chi connectivity index (χ4v) is 1.67. The van der Waals surface area contributed by atoms with Crippen LogP contribution in [0.4, 0.5) is 5.69 Å². The van der Waals surface area contributed by atoms with Crippen LogP contribution in [0.15, 0.2) is 18.2 Å². The number of primary amides is 1. The van der Waals surface area contributed by atoms with Crippen molar-refractivity contribution in [2.24, 2.45) is 5.73 Å². The maximum Gasteiger partial charge on any atom is 0.236 e. The summed E-state index contributed by atoms with van der Waals surface area (Å²) < 4.78 is 0. The van der Waals surface area contributed by atoms with E-state index >= 15 is 0 Å². The van der Waals surface area contributed by atoms with E-state index in [1.807, 2.05) is 0 Å². The normalized spacial score (nSPS) is 9.73. The molecule has 0 unspecified atom stereocenters. The Hall–Kier alpha value is -1.55. The second-order valence-corrected chi connectivity index (χ2v) is 3.53. The van der Waals surface area contributed by atoms with Crippen LogP contribution in [0.25, 0.3) is 0 Å². The van der Waals surface area contributed by atoms with Crippen LogP contribution in [0.3, 0.4) is 0 Å². The summed E-state index contributed by atoms with van der Waals surface area (Å²) >= 11 is 5.93. The van der Waals surface area contributed by atoms with Gasteiger partial charge in [0.15, 0.2) is 6.29 Å². The maximum absolute atomic E-state index is 10.8. The van der Waals surface area contributed by atoms with E-state index in [4.69, 9.17) is 17.3 Å². The number of anilines is 1. The fourth-order valence-electron chi connectivity index (χ4n) is 1.34. The number of likely N-dealkylation sites (N-methyl/N-ethyl adjacent to an activating group) is 1. The summed E-state index contributed by atoms with van der Waals surface area (Å²) in [5, 5.41) is 0.420. The standard InChI is InChI=1S/C10H11ClN2O2/c1-13(5-9(12)15)10-7(6-14)3-2-4-8(10)11/h2-4,6H,5H2,1H3,(H2,12,15). The molecule has 0 fully saturated rings. The molecule has 2 N–H and O–H groups in total. The molecule has 0 saturated heterocycles. The lowest BCUT2D eigenvalue weighted by Gasteiger charge is -2.20. The molecule has 0 aliphatic rings. The molecule has 0 saturated carbocycles. The zero-order chi connectivity index (χ0) is 11.4. The van der Waals surface area contributed by atoms with E-state index in [1.165, 1.54) is 0 Å².